The van der Waals surface area contributed by atoms with E-state index in [1.54, 1.807) is 0 Å². The number of amides is 1. The molecular formula is C21H23NO3. The van der Waals surface area contributed by atoms with E-state index in [1.165, 1.54) is 5.56 Å². The topological polar surface area (TPSA) is 49.8 Å². The van der Waals surface area contributed by atoms with Crippen LogP contribution in [0.1, 0.15) is 33.5 Å². The second-order valence-corrected chi connectivity index (χ2v) is 7.01. The van der Waals surface area contributed by atoms with E-state index >= 15 is 0 Å². The SMILES string of the molecule is O=C(c1ccc2c(c1)CCO2)N1CC[C@@H](Cc2ccc(CO)cc2)C1. The lowest BCUT2D eigenvalue weighted by molar-refractivity contribution is 0.0787. The van der Waals surface area contributed by atoms with Crippen molar-refractivity contribution < 1.29 is 14.6 Å². The number of hydrogen-bond acceptors (Lipinski definition) is 3. The first kappa shape index (κ1) is 16.2. The van der Waals surface area contributed by atoms with Crippen molar-refractivity contribution in [2.75, 3.05) is 19.7 Å². The highest BCUT2D eigenvalue weighted by Crippen LogP contribution is 2.28. The van der Waals surface area contributed by atoms with Gasteiger partial charge in [-0.3, -0.25) is 4.79 Å². The zero-order valence-corrected chi connectivity index (χ0v) is 14.3. The number of carbonyl (C=O) groups is 1. The summed E-state index contributed by atoms with van der Waals surface area (Å²) in [5.74, 6) is 1.55. The predicted octanol–water partition coefficient (Wildman–Crippen LogP) is 2.82. The van der Waals surface area contributed by atoms with Crippen molar-refractivity contribution in [2.24, 2.45) is 5.92 Å². The summed E-state index contributed by atoms with van der Waals surface area (Å²) in [4.78, 5) is 14.8. The number of ether oxygens (including phenoxy) is 1. The fourth-order valence-electron chi connectivity index (χ4n) is 3.80. The standard InChI is InChI=1S/C21H23NO3/c23-14-16-3-1-15(2-4-16)11-17-7-9-22(13-17)21(24)19-5-6-20-18(12-19)8-10-25-20/h1-6,12,17,23H,7-11,13-14H2/t17-/m0/s1. The molecule has 2 heterocycles. The lowest BCUT2D eigenvalue weighted by Gasteiger charge is -2.17. The molecule has 0 spiro atoms. The first-order valence-corrected chi connectivity index (χ1v) is 8.96. The van der Waals surface area contributed by atoms with Gasteiger partial charge in [0.2, 0.25) is 0 Å². The molecule has 0 aliphatic carbocycles. The van der Waals surface area contributed by atoms with Crippen LogP contribution in [0.5, 0.6) is 5.75 Å². The van der Waals surface area contributed by atoms with Gasteiger partial charge >= 0.3 is 0 Å². The van der Waals surface area contributed by atoms with Crippen LogP contribution in [-0.2, 0) is 19.4 Å². The van der Waals surface area contributed by atoms with Crippen molar-refractivity contribution in [2.45, 2.75) is 25.9 Å². The number of fused-ring (bicyclic) bond motifs is 1. The summed E-state index contributed by atoms with van der Waals surface area (Å²) in [5.41, 5.74) is 4.13. The van der Waals surface area contributed by atoms with Crippen LogP contribution in [0.15, 0.2) is 42.5 Å². The average molecular weight is 337 g/mol. The molecule has 1 fully saturated rings. The van der Waals surface area contributed by atoms with Crippen molar-refractivity contribution in [3.63, 3.8) is 0 Å². The Morgan fingerprint density at radius 3 is 2.76 bits per heavy atom. The van der Waals surface area contributed by atoms with Gasteiger partial charge in [-0.05, 0) is 53.6 Å². The van der Waals surface area contributed by atoms with E-state index in [4.69, 9.17) is 9.84 Å². The Kier molecular flexibility index (Phi) is 4.45. The molecule has 0 saturated carbocycles. The van der Waals surface area contributed by atoms with Crippen LogP contribution in [-0.4, -0.2) is 35.6 Å². The van der Waals surface area contributed by atoms with E-state index < -0.39 is 0 Å². The molecule has 2 aliphatic heterocycles. The monoisotopic (exact) mass is 337 g/mol. The zero-order valence-electron chi connectivity index (χ0n) is 14.3. The van der Waals surface area contributed by atoms with E-state index in [0.29, 0.717) is 12.5 Å². The minimum Gasteiger partial charge on any atom is -0.493 e. The lowest BCUT2D eigenvalue weighted by atomic mass is 9.98. The van der Waals surface area contributed by atoms with E-state index in [2.05, 4.69) is 12.1 Å². The first-order valence-electron chi connectivity index (χ1n) is 8.96. The van der Waals surface area contributed by atoms with Crippen LogP contribution in [0.4, 0.5) is 0 Å². The molecule has 0 radical (unpaired) electrons. The highest BCUT2D eigenvalue weighted by atomic mass is 16.5. The molecule has 25 heavy (non-hydrogen) atoms. The quantitative estimate of drug-likeness (QED) is 0.933. The van der Waals surface area contributed by atoms with Gasteiger partial charge in [0.05, 0.1) is 13.2 Å². The number of aliphatic hydroxyl groups is 1. The van der Waals surface area contributed by atoms with Crippen LogP contribution < -0.4 is 4.74 Å². The van der Waals surface area contributed by atoms with E-state index in [1.807, 2.05) is 35.2 Å². The third kappa shape index (κ3) is 3.40. The van der Waals surface area contributed by atoms with Gasteiger partial charge in [0.1, 0.15) is 5.75 Å². The van der Waals surface area contributed by atoms with Crippen molar-refractivity contribution in [3.05, 3.63) is 64.7 Å². The van der Waals surface area contributed by atoms with Crippen LogP contribution in [0, 0.1) is 5.92 Å². The molecule has 130 valence electrons. The summed E-state index contributed by atoms with van der Waals surface area (Å²) in [6.07, 6.45) is 2.91. The molecule has 4 heteroatoms. The molecule has 1 atom stereocenters. The number of benzene rings is 2. The van der Waals surface area contributed by atoms with Crippen LogP contribution >= 0.6 is 0 Å². The fraction of sp³-hybridized carbons (Fsp3) is 0.381. The molecule has 0 bridgehead atoms. The number of hydrogen-bond donors (Lipinski definition) is 1. The minimum atomic E-state index is 0.0812. The largest absolute Gasteiger partial charge is 0.493 e. The minimum absolute atomic E-state index is 0.0812. The van der Waals surface area contributed by atoms with Crippen LogP contribution in [0.25, 0.3) is 0 Å². The number of rotatable bonds is 4. The van der Waals surface area contributed by atoms with Gasteiger partial charge < -0.3 is 14.7 Å². The molecule has 1 saturated heterocycles. The molecule has 0 aromatic heterocycles. The predicted molar refractivity (Wildman–Crippen MR) is 95.7 cm³/mol. The number of likely N-dealkylation sites (tertiary alicyclic amines) is 1. The number of carbonyl (C=O) groups excluding carboxylic acids is 1. The maximum Gasteiger partial charge on any atom is 0.253 e. The van der Waals surface area contributed by atoms with Crippen molar-refractivity contribution in [1.29, 1.82) is 0 Å². The van der Waals surface area contributed by atoms with Gasteiger partial charge in [0, 0.05) is 25.1 Å². The molecule has 2 aromatic carbocycles. The van der Waals surface area contributed by atoms with Crippen molar-refractivity contribution >= 4 is 5.91 Å². The van der Waals surface area contributed by atoms with Crippen LogP contribution in [0.3, 0.4) is 0 Å². The number of nitrogens with zero attached hydrogens (tertiary/aromatic N) is 1. The normalized spacial score (nSPS) is 18.9. The average Bonchev–Trinajstić information content (AvgIpc) is 3.30. The third-order valence-corrected chi connectivity index (χ3v) is 5.24. The molecule has 4 rings (SSSR count). The van der Waals surface area contributed by atoms with Crippen molar-refractivity contribution in [1.82, 2.24) is 4.90 Å². The number of aliphatic hydroxyl groups excluding tert-OH is 1. The summed E-state index contributed by atoms with van der Waals surface area (Å²) < 4.78 is 5.52. The van der Waals surface area contributed by atoms with Gasteiger partial charge in [-0.15, -0.1) is 0 Å². The Morgan fingerprint density at radius 2 is 1.96 bits per heavy atom. The van der Waals surface area contributed by atoms with Crippen molar-refractivity contribution in [3.8, 4) is 5.75 Å². The van der Waals surface area contributed by atoms with E-state index in [0.717, 1.165) is 54.8 Å². The molecule has 1 amide bonds. The molecule has 4 nitrogen and oxygen atoms in total. The summed E-state index contributed by atoms with van der Waals surface area (Å²) in [6.45, 7) is 2.44. The Labute approximate surface area is 148 Å². The molecule has 2 aromatic rings. The Balaban J connectivity index is 1.39. The lowest BCUT2D eigenvalue weighted by Crippen LogP contribution is -2.29. The van der Waals surface area contributed by atoms with Gasteiger partial charge in [0.25, 0.3) is 5.91 Å². The van der Waals surface area contributed by atoms with Gasteiger partial charge in [-0.1, -0.05) is 24.3 Å². The van der Waals surface area contributed by atoms with Crippen LogP contribution in [0.2, 0.25) is 0 Å². The molecule has 0 unspecified atom stereocenters. The zero-order chi connectivity index (χ0) is 17.2. The van der Waals surface area contributed by atoms with Gasteiger partial charge in [0.15, 0.2) is 0 Å². The summed E-state index contributed by atoms with van der Waals surface area (Å²) in [5, 5.41) is 9.12. The van der Waals surface area contributed by atoms with Gasteiger partial charge in [-0.2, -0.15) is 0 Å². The highest BCUT2D eigenvalue weighted by Gasteiger charge is 2.27. The Hall–Kier alpha value is -2.33. The maximum absolute atomic E-state index is 12.8. The fourth-order valence-corrected chi connectivity index (χ4v) is 3.80. The van der Waals surface area contributed by atoms with Gasteiger partial charge in [-0.25, -0.2) is 0 Å². The molecule has 1 N–H and O–H groups in total. The second-order valence-electron chi connectivity index (χ2n) is 7.01. The summed E-state index contributed by atoms with van der Waals surface area (Å²) in [6, 6.07) is 13.9. The summed E-state index contributed by atoms with van der Waals surface area (Å²) in [7, 11) is 0. The van der Waals surface area contributed by atoms with E-state index in [-0.39, 0.29) is 12.5 Å². The van der Waals surface area contributed by atoms with E-state index in [9.17, 15) is 4.79 Å². The first-order chi connectivity index (χ1) is 12.2. The molecular weight excluding hydrogens is 314 g/mol. The Morgan fingerprint density at radius 1 is 1.16 bits per heavy atom. The molecule has 2 aliphatic rings. The maximum atomic E-state index is 12.8. The highest BCUT2D eigenvalue weighted by molar-refractivity contribution is 5.94. The third-order valence-electron chi connectivity index (χ3n) is 5.24. The second kappa shape index (κ2) is 6.89. The smallest absolute Gasteiger partial charge is 0.253 e. The summed E-state index contributed by atoms with van der Waals surface area (Å²) >= 11 is 0. The Bertz CT molecular complexity index is 769.